The minimum atomic E-state index is -3.57. The highest BCUT2D eigenvalue weighted by molar-refractivity contribution is 7.92. The highest BCUT2D eigenvalue weighted by Gasteiger charge is 2.30. The minimum Gasteiger partial charge on any atom is -0.494 e. The Morgan fingerprint density at radius 1 is 1.00 bits per heavy atom. The molecule has 0 aliphatic heterocycles. The van der Waals surface area contributed by atoms with Crippen LogP contribution in [0.5, 0.6) is 5.75 Å². The lowest BCUT2D eigenvalue weighted by Gasteiger charge is -2.33. The molecule has 0 spiro atoms. The van der Waals surface area contributed by atoms with Crippen LogP contribution >= 0.6 is 0 Å². The number of hydrogen-bond acceptors (Lipinski definition) is 5. The molecular formula is C29H43N3O5S. The monoisotopic (exact) mass is 545 g/mol. The van der Waals surface area contributed by atoms with Crippen LogP contribution in [0.1, 0.15) is 65.0 Å². The van der Waals surface area contributed by atoms with Crippen LogP contribution in [0, 0.1) is 6.92 Å². The van der Waals surface area contributed by atoms with E-state index in [1.165, 1.54) is 4.31 Å². The normalized spacial score (nSPS) is 12.5. The van der Waals surface area contributed by atoms with Gasteiger partial charge in [-0.2, -0.15) is 0 Å². The van der Waals surface area contributed by atoms with Crippen molar-refractivity contribution in [1.29, 1.82) is 0 Å². The summed E-state index contributed by atoms with van der Waals surface area (Å²) in [6.07, 6.45) is 2.02. The highest BCUT2D eigenvalue weighted by Crippen LogP contribution is 2.23. The Morgan fingerprint density at radius 3 is 2.11 bits per heavy atom. The summed E-state index contributed by atoms with van der Waals surface area (Å²) in [5.74, 6) is 0.264. The number of carbonyl (C=O) groups excluding carboxylic acids is 2. The summed E-state index contributed by atoms with van der Waals surface area (Å²) >= 11 is 0. The predicted molar refractivity (Wildman–Crippen MR) is 153 cm³/mol. The molecule has 2 amide bonds. The Hall–Kier alpha value is -3.07. The van der Waals surface area contributed by atoms with E-state index in [0.717, 1.165) is 17.4 Å². The Kier molecular flexibility index (Phi) is 11.2. The van der Waals surface area contributed by atoms with Crippen molar-refractivity contribution < 1.29 is 22.7 Å². The van der Waals surface area contributed by atoms with E-state index in [1.54, 1.807) is 29.2 Å². The van der Waals surface area contributed by atoms with E-state index in [9.17, 15) is 18.0 Å². The van der Waals surface area contributed by atoms with E-state index in [1.807, 2.05) is 65.8 Å². The van der Waals surface area contributed by atoms with Gasteiger partial charge in [0.1, 0.15) is 11.8 Å². The lowest BCUT2D eigenvalue weighted by molar-refractivity contribution is -0.142. The van der Waals surface area contributed by atoms with Crippen molar-refractivity contribution in [1.82, 2.24) is 10.2 Å². The maximum absolute atomic E-state index is 13.5. The number of anilines is 1. The quantitative estimate of drug-likeness (QED) is 0.395. The number of rotatable bonds is 13. The third kappa shape index (κ3) is 9.67. The molecule has 38 heavy (non-hydrogen) atoms. The summed E-state index contributed by atoms with van der Waals surface area (Å²) in [4.78, 5) is 28.3. The first kappa shape index (κ1) is 31.1. The van der Waals surface area contributed by atoms with Crippen molar-refractivity contribution in [2.24, 2.45) is 0 Å². The van der Waals surface area contributed by atoms with Crippen molar-refractivity contribution in [3.05, 3.63) is 59.7 Å². The van der Waals surface area contributed by atoms with Crippen molar-refractivity contribution in [3.8, 4) is 5.75 Å². The first-order valence-corrected chi connectivity index (χ1v) is 15.0. The molecule has 0 fully saturated rings. The van der Waals surface area contributed by atoms with Crippen LogP contribution in [0.4, 0.5) is 5.69 Å². The van der Waals surface area contributed by atoms with Crippen molar-refractivity contribution >= 4 is 27.5 Å². The van der Waals surface area contributed by atoms with Crippen LogP contribution in [0.3, 0.4) is 0 Å². The molecule has 0 bridgehead atoms. The second-order valence-corrected chi connectivity index (χ2v) is 12.4. The molecule has 0 radical (unpaired) electrons. The second kappa shape index (κ2) is 13.6. The largest absolute Gasteiger partial charge is 0.494 e. The molecule has 0 aromatic heterocycles. The first-order valence-electron chi connectivity index (χ1n) is 13.1. The average Bonchev–Trinajstić information content (AvgIpc) is 2.82. The SMILES string of the molecule is CCOc1ccc(N(CCCC(=O)N(Cc2ccc(C)cc2)C(CC)C(=O)NC(C)(C)C)S(C)(=O)=O)cc1. The Labute approximate surface area is 228 Å². The molecule has 1 N–H and O–H groups in total. The van der Waals surface area contributed by atoms with Gasteiger partial charge in [0.25, 0.3) is 0 Å². The Balaban J connectivity index is 2.21. The van der Waals surface area contributed by atoms with Gasteiger partial charge >= 0.3 is 0 Å². The molecule has 1 atom stereocenters. The van der Waals surface area contributed by atoms with Gasteiger partial charge in [0, 0.05) is 25.0 Å². The van der Waals surface area contributed by atoms with E-state index >= 15 is 0 Å². The summed E-state index contributed by atoms with van der Waals surface area (Å²) in [5.41, 5.74) is 2.12. The topological polar surface area (TPSA) is 96.0 Å². The summed E-state index contributed by atoms with van der Waals surface area (Å²) in [7, 11) is -3.57. The second-order valence-electron chi connectivity index (χ2n) is 10.5. The lowest BCUT2D eigenvalue weighted by atomic mass is 10.0. The van der Waals surface area contributed by atoms with Crippen LogP contribution in [-0.4, -0.2) is 56.1 Å². The maximum Gasteiger partial charge on any atom is 0.243 e. The third-order valence-electron chi connectivity index (χ3n) is 5.95. The van der Waals surface area contributed by atoms with Gasteiger partial charge in [-0.25, -0.2) is 8.42 Å². The van der Waals surface area contributed by atoms with Crippen LogP contribution in [0.15, 0.2) is 48.5 Å². The van der Waals surface area contributed by atoms with Gasteiger partial charge in [0.15, 0.2) is 0 Å². The number of amides is 2. The number of hydrogen-bond donors (Lipinski definition) is 1. The number of nitrogens with one attached hydrogen (secondary N) is 1. The van der Waals surface area contributed by atoms with Gasteiger partial charge in [0.05, 0.1) is 18.6 Å². The molecule has 2 rings (SSSR count). The fraction of sp³-hybridized carbons (Fsp3) is 0.517. The molecule has 0 saturated heterocycles. The zero-order chi connectivity index (χ0) is 28.5. The standard InChI is InChI=1S/C29H43N3O5S/c1-8-26(28(34)30-29(4,5)6)31(21-23-14-12-22(3)13-15-23)27(33)11-10-20-32(38(7,35)36)24-16-18-25(19-17-24)37-9-2/h12-19,26H,8-11,20-21H2,1-7H3,(H,30,34). The molecule has 210 valence electrons. The first-order chi connectivity index (χ1) is 17.7. The molecular weight excluding hydrogens is 502 g/mol. The molecule has 0 saturated carbocycles. The number of benzene rings is 2. The van der Waals surface area contributed by atoms with E-state index in [0.29, 0.717) is 37.4 Å². The number of ether oxygens (including phenoxy) is 1. The number of sulfonamides is 1. The number of carbonyl (C=O) groups is 2. The summed E-state index contributed by atoms with van der Waals surface area (Å²) in [6.45, 7) is 12.4. The fourth-order valence-corrected chi connectivity index (χ4v) is 5.11. The maximum atomic E-state index is 13.5. The van der Waals surface area contributed by atoms with Gasteiger partial charge in [-0.3, -0.25) is 13.9 Å². The van der Waals surface area contributed by atoms with Gasteiger partial charge in [-0.15, -0.1) is 0 Å². The van der Waals surface area contributed by atoms with Crippen LogP contribution in [0.2, 0.25) is 0 Å². The van der Waals surface area contributed by atoms with Crippen molar-refractivity contribution in [2.45, 2.75) is 78.9 Å². The summed E-state index contributed by atoms with van der Waals surface area (Å²) in [6, 6.07) is 14.1. The van der Waals surface area contributed by atoms with E-state index in [2.05, 4.69) is 5.32 Å². The van der Waals surface area contributed by atoms with E-state index in [4.69, 9.17) is 4.74 Å². The fourth-order valence-electron chi connectivity index (χ4n) is 4.14. The van der Waals surface area contributed by atoms with Crippen molar-refractivity contribution in [2.75, 3.05) is 23.7 Å². The molecule has 1 unspecified atom stereocenters. The van der Waals surface area contributed by atoms with Gasteiger partial charge in [-0.1, -0.05) is 36.8 Å². The third-order valence-corrected chi connectivity index (χ3v) is 7.14. The number of aryl methyl sites for hydroxylation is 1. The number of nitrogens with zero attached hydrogens (tertiary/aromatic N) is 2. The van der Waals surface area contributed by atoms with Crippen molar-refractivity contribution in [3.63, 3.8) is 0 Å². The Morgan fingerprint density at radius 2 is 1.61 bits per heavy atom. The highest BCUT2D eigenvalue weighted by atomic mass is 32.2. The lowest BCUT2D eigenvalue weighted by Crippen LogP contribution is -2.53. The smallest absolute Gasteiger partial charge is 0.243 e. The predicted octanol–water partition coefficient (Wildman–Crippen LogP) is 4.66. The van der Waals surface area contributed by atoms with Gasteiger partial charge in [-0.05, 0) is 77.3 Å². The zero-order valence-electron chi connectivity index (χ0n) is 23.8. The van der Waals surface area contributed by atoms with Crippen LogP contribution < -0.4 is 14.4 Å². The molecule has 0 aliphatic rings. The summed E-state index contributed by atoms with van der Waals surface area (Å²) < 4.78 is 31.8. The van der Waals surface area contributed by atoms with Crippen LogP contribution in [-0.2, 0) is 26.2 Å². The van der Waals surface area contributed by atoms with Gasteiger partial charge < -0.3 is 15.0 Å². The average molecular weight is 546 g/mol. The van der Waals surface area contributed by atoms with Gasteiger partial charge in [0.2, 0.25) is 21.8 Å². The molecule has 8 nitrogen and oxygen atoms in total. The molecule has 2 aromatic carbocycles. The summed E-state index contributed by atoms with van der Waals surface area (Å²) in [5, 5.41) is 3.00. The van der Waals surface area contributed by atoms with Crippen LogP contribution in [0.25, 0.3) is 0 Å². The molecule has 0 heterocycles. The van der Waals surface area contributed by atoms with E-state index in [-0.39, 0.29) is 24.8 Å². The molecule has 2 aromatic rings. The minimum absolute atomic E-state index is 0.105. The van der Waals surface area contributed by atoms with E-state index < -0.39 is 21.6 Å². The molecule has 0 aliphatic carbocycles. The Bertz CT molecular complexity index is 1160. The zero-order valence-corrected chi connectivity index (χ0v) is 24.6. The molecule has 9 heteroatoms.